The van der Waals surface area contributed by atoms with Crippen molar-refractivity contribution in [3.63, 3.8) is 0 Å². The molecule has 2 aliphatic carbocycles. The molecule has 138 valence electrons. The minimum absolute atomic E-state index is 0.0728. The van der Waals surface area contributed by atoms with E-state index in [4.69, 9.17) is 0 Å². The van der Waals surface area contributed by atoms with Gasteiger partial charge >= 0.3 is 0 Å². The van der Waals surface area contributed by atoms with E-state index in [2.05, 4.69) is 5.10 Å². The highest BCUT2D eigenvalue weighted by Crippen LogP contribution is 2.30. The quantitative estimate of drug-likeness (QED) is 0.830. The van der Waals surface area contributed by atoms with Gasteiger partial charge in [-0.15, -0.1) is 0 Å². The summed E-state index contributed by atoms with van der Waals surface area (Å²) in [6.07, 6.45) is 7.39. The van der Waals surface area contributed by atoms with Crippen LogP contribution in [0.5, 0.6) is 0 Å². The van der Waals surface area contributed by atoms with Gasteiger partial charge in [0.2, 0.25) is 0 Å². The normalized spacial score (nSPS) is 16.9. The van der Waals surface area contributed by atoms with E-state index >= 15 is 0 Å². The number of aromatic nitrogens is 2. The number of hydrogen-bond donors (Lipinski definition) is 0. The lowest BCUT2D eigenvalue weighted by atomic mass is 10.1. The summed E-state index contributed by atoms with van der Waals surface area (Å²) in [4.78, 5) is 14.7. The van der Waals surface area contributed by atoms with Crippen molar-refractivity contribution >= 4 is 5.91 Å². The second kappa shape index (κ2) is 6.82. The lowest BCUT2D eigenvalue weighted by Crippen LogP contribution is -2.32. The Bertz CT molecular complexity index is 840. The Morgan fingerprint density at radius 3 is 2.69 bits per heavy atom. The van der Waals surface area contributed by atoms with E-state index in [0.717, 1.165) is 49.2 Å². The van der Waals surface area contributed by atoms with Crippen molar-refractivity contribution in [3.05, 3.63) is 46.8 Å². The van der Waals surface area contributed by atoms with Gasteiger partial charge in [0.1, 0.15) is 0 Å². The summed E-state index contributed by atoms with van der Waals surface area (Å²) in [5, 5.41) is 4.50. The zero-order chi connectivity index (χ0) is 18.3. The van der Waals surface area contributed by atoms with E-state index in [1.54, 1.807) is 9.58 Å². The third-order valence-electron chi connectivity index (χ3n) is 5.63. The standard InChI is InChI=1S/C20H23F2N3O/c1-24(12-13-5-2-3-6-13)20(26)19-15-7-4-8-18(15)25(23-19)14-9-10-16(21)17(22)11-14/h9-11,13H,2-8,12H2,1H3. The molecule has 1 amide bonds. The molecule has 1 aromatic carbocycles. The van der Waals surface area contributed by atoms with Crippen molar-refractivity contribution < 1.29 is 13.6 Å². The number of benzene rings is 1. The van der Waals surface area contributed by atoms with Crippen LogP contribution >= 0.6 is 0 Å². The minimum Gasteiger partial charge on any atom is -0.340 e. The molecule has 4 rings (SSSR count). The Morgan fingerprint density at radius 2 is 1.96 bits per heavy atom. The number of hydrogen-bond acceptors (Lipinski definition) is 2. The number of carbonyl (C=O) groups excluding carboxylic acids is 1. The number of carbonyl (C=O) groups is 1. The number of rotatable bonds is 4. The molecular weight excluding hydrogens is 336 g/mol. The smallest absolute Gasteiger partial charge is 0.274 e. The lowest BCUT2D eigenvalue weighted by molar-refractivity contribution is 0.0766. The highest BCUT2D eigenvalue weighted by molar-refractivity contribution is 5.94. The fourth-order valence-corrected chi connectivity index (χ4v) is 4.28. The molecule has 4 nitrogen and oxygen atoms in total. The summed E-state index contributed by atoms with van der Waals surface area (Å²) in [6, 6.07) is 3.74. The van der Waals surface area contributed by atoms with Gasteiger partial charge in [-0.3, -0.25) is 4.79 Å². The predicted molar refractivity (Wildman–Crippen MR) is 94.4 cm³/mol. The molecule has 0 saturated heterocycles. The SMILES string of the molecule is CN(CC1CCCC1)C(=O)c1nn(-c2ccc(F)c(F)c2)c2c1CCC2. The monoisotopic (exact) mass is 359 g/mol. The third kappa shape index (κ3) is 3.02. The average molecular weight is 359 g/mol. The van der Waals surface area contributed by atoms with Gasteiger partial charge in [-0.25, -0.2) is 13.5 Å². The molecule has 2 aromatic rings. The first-order chi connectivity index (χ1) is 12.5. The molecule has 2 aliphatic rings. The van der Waals surface area contributed by atoms with E-state index in [9.17, 15) is 13.6 Å². The largest absolute Gasteiger partial charge is 0.340 e. The van der Waals surface area contributed by atoms with Crippen LogP contribution in [-0.2, 0) is 12.8 Å². The van der Waals surface area contributed by atoms with E-state index in [-0.39, 0.29) is 5.91 Å². The molecule has 0 atom stereocenters. The maximum absolute atomic E-state index is 13.6. The van der Waals surface area contributed by atoms with Crippen molar-refractivity contribution in [2.24, 2.45) is 5.92 Å². The van der Waals surface area contributed by atoms with Crippen molar-refractivity contribution in [2.75, 3.05) is 13.6 Å². The summed E-state index contributed by atoms with van der Waals surface area (Å²) >= 11 is 0. The van der Waals surface area contributed by atoms with Crippen LogP contribution in [0.4, 0.5) is 8.78 Å². The summed E-state index contributed by atoms with van der Waals surface area (Å²) in [6.45, 7) is 0.756. The summed E-state index contributed by atoms with van der Waals surface area (Å²) < 4.78 is 28.5. The molecule has 0 unspecified atom stereocenters. The Balaban J connectivity index is 1.64. The fraction of sp³-hybridized carbons (Fsp3) is 0.500. The van der Waals surface area contributed by atoms with Crippen molar-refractivity contribution in [2.45, 2.75) is 44.9 Å². The number of amides is 1. The van der Waals surface area contributed by atoms with Gasteiger partial charge in [0.25, 0.3) is 5.91 Å². The van der Waals surface area contributed by atoms with E-state index in [1.165, 1.54) is 31.7 Å². The summed E-state index contributed by atoms with van der Waals surface area (Å²) in [5.74, 6) is -1.29. The first-order valence-corrected chi connectivity index (χ1v) is 9.36. The number of nitrogens with zero attached hydrogens (tertiary/aromatic N) is 3. The molecule has 1 aromatic heterocycles. The van der Waals surface area contributed by atoms with Crippen LogP contribution in [0, 0.1) is 17.6 Å². The second-order valence-corrected chi connectivity index (χ2v) is 7.47. The van der Waals surface area contributed by atoms with Gasteiger partial charge in [0.05, 0.1) is 5.69 Å². The van der Waals surface area contributed by atoms with Crippen LogP contribution in [0.2, 0.25) is 0 Å². The van der Waals surface area contributed by atoms with Gasteiger partial charge in [-0.1, -0.05) is 12.8 Å². The maximum Gasteiger partial charge on any atom is 0.274 e. The molecule has 1 saturated carbocycles. The number of halogens is 2. The Labute approximate surface area is 151 Å². The molecule has 0 spiro atoms. The molecule has 1 fully saturated rings. The van der Waals surface area contributed by atoms with Crippen LogP contribution in [-0.4, -0.2) is 34.2 Å². The van der Waals surface area contributed by atoms with Crippen molar-refractivity contribution in [1.29, 1.82) is 0 Å². The third-order valence-corrected chi connectivity index (χ3v) is 5.63. The van der Waals surface area contributed by atoms with Gasteiger partial charge < -0.3 is 4.90 Å². The van der Waals surface area contributed by atoms with Crippen LogP contribution in [0.1, 0.15) is 53.8 Å². The lowest BCUT2D eigenvalue weighted by Gasteiger charge is -2.20. The van der Waals surface area contributed by atoms with Crippen LogP contribution in [0.15, 0.2) is 18.2 Å². The molecule has 0 N–H and O–H groups in total. The van der Waals surface area contributed by atoms with Crippen LogP contribution in [0.3, 0.4) is 0 Å². The van der Waals surface area contributed by atoms with Crippen LogP contribution in [0.25, 0.3) is 5.69 Å². The van der Waals surface area contributed by atoms with Gasteiger partial charge in [-0.05, 0) is 50.2 Å². The molecule has 6 heteroatoms. The minimum atomic E-state index is -0.907. The zero-order valence-electron chi connectivity index (χ0n) is 15.0. The second-order valence-electron chi connectivity index (χ2n) is 7.47. The van der Waals surface area contributed by atoms with Gasteiger partial charge in [0, 0.05) is 30.9 Å². The molecule has 0 bridgehead atoms. The fourth-order valence-electron chi connectivity index (χ4n) is 4.28. The topological polar surface area (TPSA) is 38.1 Å². The predicted octanol–water partition coefficient (Wildman–Crippen LogP) is 3.90. The average Bonchev–Trinajstić information content (AvgIpc) is 3.34. The highest BCUT2D eigenvalue weighted by atomic mass is 19.2. The number of fused-ring (bicyclic) bond motifs is 1. The zero-order valence-corrected chi connectivity index (χ0v) is 15.0. The Kier molecular flexibility index (Phi) is 4.51. The van der Waals surface area contributed by atoms with Crippen molar-refractivity contribution in [1.82, 2.24) is 14.7 Å². The van der Waals surface area contributed by atoms with E-state index < -0.39 is 11.6 Å². The van der Waals surface area contributed by atoms with E-state index in [0.29, 0.717) is 17.3 Å². The molecule has 0 aliphatic heterocycles. The summed E-state index contributed by atoms with van der Waals surface area (Å²) in [7, 11) is 1.83. The molecule has 26 heavy (non-hydrogen) atoms. The Hall–Kier alpha value is -2.24. The molecule has 1 heterocycles. The molecular formula is C20H23F2N3O. The first kappa shape index (κ1) is 17.2. The van der Waals surface area contributed by atoms with E-state index in [1.807, 2.05) is 7.05 Å². The van der Waals surface area contributed by atoms with Gasteiger partial charge in [-0.2, -0.15) is 5.10 Å². The summed E-state index contributed by atoms with van der Waals surface area (Å²) in [5.41, 5.74) is 2.81. The maximum atomic E-state index is 13.6. The first-order valence-electron chi connectivity index (χ1n) is 9.36. The Morgan fingerprint density at radius 1 is 1.19 bits per heavy atom. The molecule has 0 radical (unpaired) electrons. The highest BCUT2D eigenvalue weighted by Gasteiger charge is 2.29. The van der Waals surface area contributed by atoms with Crippen LogP contribution < -0.4 is 0 Å². The van der Waals surface area contributed by atoms with Crippen molar-refractivity contribution in [3.8, 4) is 5.69 Å². The van der Waals surface area contributed by atoms with Gasteiger partial charge in [0.15, 0.2) is 17.3 Å².